The number of hydrogen-bond acceptors (Lipinski definition) is 7. The molecule has 0 aliphatic carbocycles. The monoisotopic (exact) mass is 287 g/mol. The second kappa shape index (κ2) is 5.23. The van der Waals surface area contributed by atoms with Crippen molar-refractivity contribution in [2.24, 2.45) is 0 Å². The lowest BCUT2D eigenvalue weighted by Crippen LogP contribution is -2.27. The molecule has 2 aromatic rings. The smallest absolute Gasteiger partial charge is 0.338 e. The number of rotatable bonds is 3. The van der Waals surface area contributed by atoms with E-state index < -0.39 is 12.0 Å². The molecular weight excluding hydrogens is 274 g/mol. The third kappa shape index (κ3) is 2.31. The van der Waals surface area contributed by atoms with Crippen LogP contribution < -0.4 is 5.32 Å². The lowest BCUT2D eigenvalue weighted by Gasteiger charge is -2.24. The van der Waals surface area contributed by atoms with Crippen molar-refractivity contribution in [1.82, 2.24) is 20.2 Å². The Morgan fingerprint density at radius 1 is 1.43 bits per heavy atom. The van der Waals surface area contributed by atoms with Gasteiger partial charge in [0.2, 0.25) is 5.95 Å². The van der Waals surface area contributed by atoms with Crippen LogP contribution in [0.5, 0.6) is 5.75 Å². The van der Waals surface area contributed by atoms with Gasteiger partial charge in [-0.2, -0.15) is 4.68 Å². The molecule has 108 valence electrons. The molecule has 1 aromatic carbocycles. The summed E-state index contributed by atoms with van der Waals surface area (Å²) in [5.41, 5.74) is 1.16. The summed E-state index contributed by atoms with van der Waals surface area (Å²) >= 11 is 0. The molecule has 2 heterocycles. The fraction of sp³-hybridized carbons (Fsp3) is 0.231. The Labute approximate surface area is 120 Å². The first-order valence-electron chi connectivity index (χ1n) is 6.41. The summed E-state index contributed by atoms with van der Waals surface area (Å²) in [5, 5.41) is 23.6. The first kappa shape index (κ1) is 13.1. The van der Waals surface area contributed by atoms with Crippen LogP contribution in [0.15, 0.2) is 36.0 Å². The normalized spacial score (nSPS) is 16.6. The molecule has 0 spiro atoms. The number of fused-ring (bicyclic) bond motifs is 1. The fourth-order valence-corrected chi connectivity index (χ4v) is 2.18. The Bertz CT molecular complexity index is 692. The van der Waals surface area contributed by atoms with Crippen LogP contribution in [0, 0.1) is 0 Å². The highest BCUT2D eigenvalue weighted by Crippen LogP contribution is 2.32. The third-order valence-electron chi connectivity index (χ3n) is 3.11. The van der Waals surface area contributed by atoms with Crippen LogP contribution in [0.3, 0.4) is 0 Å². The number of carbonyl (C=O) groups is 1. The summed E-state index contributed by atoms with van der Waals surface area (Å²) in [7, 11) is 0. The molecule has 1 aliphatic heterocycles. The summed E-state index contributed by atoms with van der Waals surface area (Å²) in [5.74, 6) is 0.136. The van der Waals surface area contributed by atoms with E-state index in [4.69, 9.17) is 4.74 Å². The number of aromatic hydroxyl groups is 1. The van der Waals surface area contributed by atoms with Crippen molar-refractivity contribution < 1.29 is 14.6 Å². The van der Waals surface area contributed by atoms with Gasteiger partial charge in [-0.15, -0.1) is 0 Å². The highest BCUT2D eigenvalue weighted by Gasteiger charge is 2.32. The van der Waals surface area contributed by atoms with Crippen LogP contribution in [-0.4, -0.2) is 37.9 Å². The maximum absolute atomic E-state index is 12.1. The zero-order valence-corrected chi connectivity index (χ0v) is 11.2. The van der Waals surface area contributed by atoms with Crippen molar-refractivity contribution in [3.8, 4) is 5.75 Å². The number of nitrogens with zero attached hydrogens (tertiary/aromatic N) is 4. The van der Waals surface area contributed by atoms with Crippen LogP contribution in [-0.2, 0) is 9.53 Å². The Kier molecular flexibility index (Phi) is 3.27. The van der Waals surface area contributed by atoms with Gasteiger partial charge in [0.15, 0.2) is 0 Å². The van der Waals surface area contributed by atoms with Crippen molar-refractivity contribution >= 4 is 11.9 Å². The van der Waals surface area contributed by atoms with Crippen LogP contribution >= 0.6 is 0 Å². The van der Waals surface area contributed by atoms with Gasteiger partial charge in [0, 0.05) is 6.20 Å². The number of carbonyl (C=O) groups excluding carboxylic acids is 1. The van der Waals surface area contributed by atoms with Gasteiger partial charge < -0.3 is 15.2 Å². The minimum atomic E-state index is -0.504. The largest absolute Gasteiger partial charge is 0.508 e. The number of ether oxygens (including phenoxy) is 1. The predicted molar refractivity (Wildman–Crippen MR) is 72.4 cm³/mol. The first-order chi connectivity index (χ1) is 10.2. The quantitative estimate of drug-likeness (QED) is 0.806. The van der Waals surface area contributed by atoms with E-state index in [1.54, 1.807) is 37.4 Å². The standard InChI is InChI=1S/C13H13N5O3/c1-2-21-12(20)10-7-14-13-15-16-17-18(13)11(10)8-3-5-9(19)6-4-8/h3-7,11,19H,2H2,1H3,(H,14,15,17)/t11-/m1/s1. The molecule has 1 atom stereocenters. The summed E-state index contributed by atoms with van der Waals surface area (Å²) in [6.45, 7) is 2.02. The molecule has 21 heavy (non-hydrogen) atoms. The average Bonchev–Trinajstić information content (AvgIpc) is 2.96. The zero-order valence-electron chi connectivity index (χ0n) is 11.2. The van der Waals surface area contributed by atoms with Gasteiger partial charge in [-0.3, -0.25) is 0 Å². The molecule has 1 aliphatic rings. The lowest BCUT2D eigenvalue weighted by atomic mass is 9.98. The number of anilines is 1. The molecule has 2 N–H and O–H groups in total. The van der Waals surface area contributed by atoms with Gasteiger partial charge >= 0.3 is 5.97 Å². The molecule has 0 unspecified atom stereocenters. The number of hydrogen-bond donors (Lipinski definition) is 2. The van der Waals surface area contributed by atoms with E-state index in [0.29, 0.717) is 11.5 Å². The van der Waals surface area contributed by atoms with Gasteiger partial charge in [-0.25, -0.2) is 4.79 Å². The van der Waals surface area contributed by atoms with E-state index in [1.165, 1.54) is 4.68 Å². The number of esters is 1. The Morgan fingerprint density at radius 3 is 2.90 bits per heavy atom. The van der Waals surface area contributed by atoms with Crippen molar-refractivity contribution in [2.45, 2.75) is 13.0 Å². The minimum absolute atomic E-state index is 0.145. The Hall–Kier alpha value is -2.90. The third-order valence-corrected chi connectivity index (χ3v) is 3.11. The maximum Gasteiger partial charge on any atom is 0.338 e. The van der Waals surface area contributed by atoms with Gasteiger partial charge in [0.1, 0.15) is 11.8 Å². The molecule has 8 nitrogen and oxygen atoms in total. The Balaban J connectivity index is 2.05. The fourth-order valence-electron chi connectivity index (χ4n) is 2.18. The summed E-state index contributed by atoms with van der Waals surface area (Å²) < 4.78 is 6.57. The molecule has 0 radical (unpaired) electrons. The number of phenolic OH excluding ortho intramolecular Hbond substituents is 1. The summed E-state index contributed by atoms with van der Waals surface area (Å²) in [4.78, 5) is 12.1. The van der Waals surface area contributed by atoms with Crippen molar-refractivity contribution in [3.05, 3.63) is 41.6 Å². The van der Waals surface area contributed by atoms with E-state index in [0.717, 1.165) is 5.56 Å². The first-order valence-corrected chi connectivity index (χ1v) is 6.41. The van der Waals surface area contributed by atoms with Gasteiger partial charge in [-0.05, 0) is 35.0 Å². The highest BCUT2D eigenvalue weighted by atomic mass is 16.5. The van der Waals surface area contributed by atoms with Gasteiger partial charge in [-0.1, -0.05) is 17.2 Å². The van der Waals surface area contributed by atoms with Crippen molar-refractivity contribution in [3.63, 3.8) is 0 Å². The lowest BCUT2D eigenvalue weighted by molar-refractivity contribution is -0.139. The molecule has 0 saturated heterocycles. The SMILES string of the molecule is CCOC(=O)C1=CNc2nnnn2[C@@H]1c1ccc(O)cc1. The van der Waals surface area contributed by atoms with Gasteiger partial charge in [0.05, 0.1) is 12.2 Å². The van der Waals surface area contributed by atoms with Gasteiger partial charge in [0.25, 0.3) is 0 Å². The van der Waals surface area contributed by atoms with E-state index in [9.17, 15) is 9.90 Å². The number of benzene rings is 1. The van der Waals surface area contributed by atoms with E-state index in [1.807, 2.05) is 0 Å². The Morgan fingerprint density at radius 2 is 2.19 bits per heavy atom. The zero-order chi connectivity index (χ0) is 14.8. The number of nitrogens with one attached hydrogen (secondary N) is 1. The van der Waals surface area contributed by atoms with Crippen LogP contribution in [0.2, 0.25) is 0 Å². The summed E-state index contributed by atoms with van der Waals surface area (Å²) in [6, 6.07) is 6.01. The van der Waals surface area contributed by atoms with Crippen LogP contribution in [0.25, 0.3) is 0 Å². The molecule has 0 amide bonds. The second-order valence-electron chi connectivity index (χ2n) is 4.41. The molecule has 3 rings (SSSR count). The average molecular weight is 287 g/mol. The van der Waals surface area contributed by atoms with E-state index in [-0.39, 0.29) is 12.4 Å². The topological polar surface area (TPSA) is 102 Å². The van der Waals surface area contributed by atoms with E-state index in [2.05, 4.69) is 20.8 Å². The minimum Gasteiger partial charge on any atom is -0.508 e. The van der Waals surface area contributed by atoms with E-state index >= 15 is 0 Å². The van der Waals surface area contributed by atoms with Crippen molar-refractivity contribution in [1.29, 1.82) is 0 Å². The number of aromatic nitrogens is 4. The molecule has 0 fully saturated rings. The molecule has 1 aromatic heterocycles. The molecule has 0 bridgehead atoms. The molecular formula is C13H13N5O3. The predicted octanol–water partition coefficient (Wildman–Crippen LogP) is 0.841. The summed E-state index contributed by atoms with van der Waals surface area (Å²) in [6.07, 6.45) is 1.54. The second-order valence-corrected chi connectivity index (χ2v) is 4.41. The number of phenols is 1. The van der Waals surface area contributed by atoms with Crippen LogP contribution in [0.4, 0.5) is 5.95 Å². The number of tetrazole rings is 1. The highest BCUT2D eigenvalue weighted by molar-refractivity contribution is 5.91. The maximum atomic E-state index is 12.1. The van der Waals surface area contributed by atoms with Crippen LogP contribution in [0.1, 0.15) is 18.5 Å². The molecule has 0 saturated carbocycles. The van der Waals surface area contributed by atoms with Crippen molar-refractivity contribution in [2.75, 3.05) is 11.9 Å². The molecule has 8 heteroatoms.